The molecule has 1 aliphatic rings. The Balaban J connectivity index is 2.22. The van der Waals surface area contributed by atoms with E-state index in [4.69, 9.17) is 14.5 Å². The summed E-state index contributed by atoms with van der Waals surface area (Å²) in [4.78, 5) is 36.2. The van der Waals surface area contributed by atoms with Gasteiger partial charge in [-0.25, -0.2) is 4.98 Å². The first-order valence-corrected chi connectivity index (χ1v) is 11.6. The van der Waals surface area contributed by atoms with Gasteiger partial charge in [0.2, 0.25) is 0 Å². The summed E-state index contributed by atoms with van der Waals surface area (Å²) in [5, 5.41) is 0.684. The first-order chi connectivity index (χ1) is 14.1. The number of esters is 1. The van der Waals surface area contributed by atoms with Gasteiger partial charge in [0.15, 0.2) is 11.5 Å². The number of aryl methyl sites for hydroxylation is 1. The Morgan fingerprint density at radius 3 is 2.35 bits per heavy atom. The number of pyridine rings is 1. The second kappa shape index (κ2) is 7.90. The van der Waals surface area contributed by atoms with E-state index in [0.29, 0.717) is 16.4 Å². The van der Waals surface area contributed by atoms with Crippen molar-refractivity contribution in [1.82, 2.24) is 9.97 Å². The molecule has 0 bridgehead atoms. The summed E-state index contributed by atoms with van der Waals surface area (Å²) in [7, 11) is 0. The molecule has 166 valence electrons. The van der Waals surface area contributed by atoms with Gasteiger partial charge in [0.1, 0.15) is 16.2 Å². The minimum atomic E-state index is -1.09. The zero-order valence-corrected chi connectivity index (χ0v) is 21.4. The van der Waals surface area contributed by atoms with Crippen LogP contribution in [0.25, 0.3) is 16.3 Å². The number of hydrogen-bond donors (Lipinski definition) is 0. The Hall–Kier alpha value is -1.90. The maximum atomic E-state index is 13.5. The third-order valence-corrected chi connectivity index (χ3v) is 6.31. The van der Waals surface area contributed by atoms with E-state index in [0.717, 1.165) is 9.35 Å². The Kier molecular flexibility index (Phi) is 6.06. The maximum Gasteiger partial charge on any atom is 0.316 e. The van der Waals surface area contributed by atoms with Crippen molar-refractivity contribution in [2.24, 2.45) is 5.41 Å². The average Bonchev–Trinajstić information content (AvgIpc) is 3.00. The third-order valence-electron chi connectivity index (χ3n) is 4.85. The van der Waals surface area contributed by atoms with Crippen molar-refractivity contribution in [3.63, 3.8) is 0 Å². The molecule has 31 heavy (non-hydrogen) atoms. The van der Waals surface area contributed by atoms with Crippen molar-refractivity contribution < 1.29 is 19.1 Å². The summed E-state index contributed by atoms with van der Waals surface area (Å²) >= 11 is 4.82. The molecule has 1 aliphatic heterocycles. The molecular formula is C23H27BrN2O4S. The standard InChI is InChI=1S/C23H27BrN2O4S/c1-12-16(26-19(31-12)14-10-9-13(24)11-25-14)15-17(27)22(5,6)30-23(7,8)18(15)29-20(28)21(2,3)4/h9-11H,1-8H3. The van der Waals surface area contributed by atoms with Crippen LogP contribution in [0.4, 0.5) is 0 Å². The van der Waals surface area contributed by atoms with Gasteiger partial charge in [-0.1, -0.05) is 0 Å². The zero-order valence-electron chi connectivity index (χ0n) is 19.0. The summed E-state index contributed by atoms with van der Waals surface area (Å²) in [5.74, 6) is -0.514. The lowest BCUT2D eigenvalue weighted by molar-refractivity contribution is -0.169. The van der Waals surface area contributed by atoms with Crippen molar-refractivity contribution >= 4 is 44.6 Å². The van der Waals surface area contributed by atoms with Gasteiger partial charge in [0.25, 0.3) is 0 Å². The summed E-state index contributed by atoms with van der Waals surface area (Å²) in [6.45, 7) is 14.2. The first kappa shape index (κ1) is 23.8. The maximum absolute atomic E-state index is 13.5. The zero-order chi connectivity index (χ0) is 23.4. The molecule has 0 aliphatic carbocycles. The van der Waals surface area contributed by atoms with E-state index in [2.05, 4.69) is 20.9 Å². The van der Waals surface area contributed by atoms with Crippen LogP contribution in [0.2, 0.25) is 0 Å². The first-order valence-electron chi connectivity index (χ1n) is 9.95. The van der Waals surface area contributed by atoms with Crippen LogP contribution in [-0.2, 0) is 19.1 Å². The Morgan fingerprint density at radius 1 is 1.16 bits per heavy atom. The number of ether oxygens (including phenoxy) is 2. The Bertz CT molecular complexity index is 1080. The van der Waals surface area contributed by atoms with Crippen LogP contribution in [0.15, 0.2) is 28.6 Å². The van der Waals surface area contributed by atoms with Gasteiger partial charge in [-0.15, -0.1) is 11.3 Å². The van der Waals surface area contributed by atoms with E-state index in [1.807, 2.05) is 19.1 Å². The molecule has 0 N–H and O–H groups in total. The molecule has 0 atom stereocenters. The van der Waals surface area contributed by atoms with E-state index in [1.165, 1.54) is 11.3 Å². The van der Waals surface area contributed by atoms with Crippen LogP contribution in [0.5, 0.6) is 0 Å². The lowest BCUT2D eigenvalue weighted by atomic mass is 9.84. The summed E-state index contributed by atoms with van der Waals surface area (Å²) in [5.41, 5.74) is -1.35. The molecule has 0 amide bonds. The topological polar surface area (TPSA) is 78.4 Å². The van der Waals surface area contributed by atoms with Gasteiger partial charge in [0.05, 0.1) is 22.4 Å². The SMILES string of the molecule is Cc1sc(-c2ccc(Br)cn2)nc1C1=C(OC(=O)C(C)(C)C)C(C)(C)OC(C)(C)C1=O. The van der Waals surface area contributed by atoms with E-state index >= 15 is 0 Å². The molecule has 2 aromatic heterocycles. The predicted molar refractivity (Wildman–Crippen MR) is 124 cm³/mol. The molecule has 3 heterocycles. The smallest absolute Gasteiger partial charge is 0.316 e. The van der Waals surface area contributed by atoms with Crippen molar-refractivity contribution in [2.75, 3.05) is 0 Å². The van der Waals surface area contributed by atoms with Crippen LogP contribution >= 0.6 is 27.3 Å². The van der Waals surface area contributed by atoms with Crippen molar-refractivity contribution in [3.05, 3.63) is 39.1 Å². The molecule has 6 nitrogen and oxygen atoms in total. The fourth-order valence-corrected chi connectivity index (χ4v) is 4.44. The number of carbonyl (C=O) groups excluding carboxylic acids is 2. The molecule has 0 aromatic carbocycles. The number of Topliss-reactive ketones (excluding diaryl/α,β-unsaturated/α-hetero) is 1. The van der Waals surface area contributed by atoms with Gasteiger partial charge in [-0.05, 0) is 83.5 Å². The summed E-state index contributed by atoms with van der Waals surface area (Å²) in [6.07, 6.45) is 1.70. The number of carbonyl (C=O) groups is 2. The van der Waals surface area contributed by atoms with Crippen LogP contribution in [-0.4, -0.2) is 32.9 Å². The molecule has 0 fully saturated rings. The highest BCUT2D eigenvalue weighted by Crippen LogP contribution is 2.44. The second-order valence-electron chi connectivity index (χ2n) is 9.58. The molecule has 3 rings (SSSR count). The Morgan fingerprint density at radius 2 is 1.81 bits per heavy atom. The molecule has 0 unspecified atom stereocenters. The molecule has 0 saturated heterocycles. The molecule has 0 spiro atoms. The van der Waals surface area contributed by atoms with Gasteiger partial charge >= 0.3 is 5.97 Å². The number of hydrogen-bond acceptors (Lipinski definition) is 7. The largest absolute Gasteiger partial charge is 0.427 e. The van der Waals surface area contributed by atoms with Crippen LogP contribution < -0.4 is 0 Å². The van der Waals surface area contributed by atoms with Gasteiger partial charge in [0, 0.05) is 15.5 Å². The molecule has 0 radical (unpaired) electrons. The lowest BCUT2D eigenvalue weighted by Crippen LogP contribution is -2.50. The lowest BCUT2D eigenvalue weighted by Gasteiger charge is -2.42. The number of halogens is 1. The summed E-state index contributed by atoms with van der Waals surface area (Å²) < 4.78 is 12.8. The fraction of sp³-hybridized carbons (Fsp3) is 0.478. The molecular weight excluding hydrogens is 480 g/mol. The van der Waals surface area contributed by atoms with Gasteiger partial charge in [-0.2, -0.15) is 0 Å². The molecule has 2 aromatic rings. The minimum absolute atomic E-state index is 0.195. The van der Waals surface area contributed by atoms with Gasteiger partial charge in [-0.3, -0.25) is 14.6 Å². The third kappa shape index (κ3) is 4.66. The van der Waals surface area contributed by atoms with Gasteiger partial charge < -0.3 is 9.47 Å². The van der Waals surface area contributed by atoms with Crippen LogP contribution in [0, 0.1) is 12.3 Å². The number of thiazole rings is 1. The van der Waals surface area contributed by atoms with E-state index in [1.54, 1.807) is 54.7 Å². The average molecular weight is 507 g/mol. The predicted octanol–water partition coefficient (Wildman–Crippen LogP) is 5.73. The normalized spacial score (nSPS) is 18.3. The molecule has 0 saturated carbocycles. The summed E-state index contributed by atoms with van der Waals surface area (Å²) in [6, 6.07) is 3.75. The number of nitrogens with zero attached hydrogens (tertiary/aromatic N) is 2. The van der Waals surface area contributed by atoms with Crippen LogP contribution in [0.1, 0.15) is 59.0 Å². The monoisotopic (exact) mass is 506 g/mol. The van der Waals surface area contributed by atoms with Crippen LogP contribution in [0.3, 0.4) is 0 Å². The second-order valence-corrected chi connectivity index (χ2v) is 11.7. The fourth-order valence-electron chi connectivity index (χ4n) is 3.31. The van der Waals surface area contributed by atoms with Crippen molar-refractivity contribution in [3.8, 4) is 10.7 Å². The molecule has 8 heteroatoms. The number of rotatable bonds is 3. The quantitative estimate of drug-likeness (QED) is 0.494. The number of aromatic nitrogens is 2. The van der Waals surface area contributed by atoms with E-state index in [9.17, 15) is 9.59 Å². The Labute approximate surface area is 195 Å². The highest BCUT2D eigenvalue weighted by Gasteiger charge is 2.50. The van der Waals surface area contributed by atoms with Crippen molar-refractivity contribution in [2.45, 2.75) is 66.6 Å². The van der Waals surface area contributed by atoms with E-state index < -0.39 is 22.6 Å². The van der Waals surface area contributed by atoms with Crippen molar-refractivity contribution in [1.29, 1.82) is 0 Å². The highest BCUT2D eigenvalue weighted by molar-refractivity contribution is 9.10. The van der Waals surface area contributed by atoms with E-state index in [-0.39, 0.29) is 17.1 Å². The highest BCUT2D eigenvalue weighted by atomic mass is 79.9. The number of ketones is 1. The minimum Gasteiger partial charge on any atom is -0.427 e.